The molecule has 116 valence electrons. The van der Waals surface area contributed by atoms with Gasteiger partial charge in [0.15, 0.2) is 0 Å². The molecule has 8 heteroatoms. The molecule has 2 atom stereocenters. The van der Waals surface area contributed by atoms with E-state index in [4.69, 9.17) is 4.74 Å². The standard InChI is InChI=1S/C12H22N2O5S/c1-10-9-13(6-4-8-19-10)20(17,18)14-7-3-2-5-11(14)12(15)16/h10-11H,2-9H2,1H3,(H,15,16). The molecule has 2 fully saturated rings. The molecule has 2 rings (SSSR count). The Balaban J connectivity index is 2.20. The molecule has 0 saturated carbocycles. The first-order chi connectivity index (χ1) is 9.43. The van der Waals surface area contributed by atoms with Gasteiger partial charge in [0.25, 0.3) is 10.2 Å². The summed E-state index contributed by atoms with van der Waals surface area (Å²) < 4.78 is 33.3. The van der Waals surface area contributed by atoms with Gasteiger partial charge in [0.05, 0.1) is 6.10 Å². The van der Waals surface area contributed by atoms with Crippen LogP contribution in [0.2, 0.25) is 0 Å². The highest BCUT2D eigenvalue weighted by Gasteiger charge is 2.40. The second-order valence-electron chi connectivity index (χ2n) is 5.36. The van der Waals surface area contributed by atoms with Crippen molar-refractivity contribution in [2.24, 2.45) is 0 Å². The fraction of sp³-hybridized carbons (Fsp3) is 0.917. The van der Waals surface area contributed by atoms with Crippen LogP contribution in [0.5, 0.6) is 0 Å². The van der Waals surface area contributed by atoms with Gasteiger partial charge in [0.1, 0.15) is 6.04 Å². The van der Waals surface area contributed by atoms with Gasteiger partial charge in [-0.1, -0.05) is 0 Å². The van der Waals surface area contributed by atoms with Crippen LogP contribution in [0.15, 0.2) is 0 Å². The zero-order valence-electron chi connectivity index (χ0n) is 11.7. The minimum absolute atomic E-state index is 0.166. The van der Waals surface area contributed by atoms with Crippen LogP contribution in [-0.4, -0.2) is 66.5 Å². The summed E-state index contributed by atoms with van der Waals surface area (Å²) in [5.41, 5.74) is 0. The topological polar surface area (TPSA) is 87.2 Å². The smallest absolute Gasteiger partial charge is 0.322 e. The summed E-state index contributed by atoms with van der Waals surface area (Å²) in [5, 5.41) is 9.23. The zero-order chi connectivity index (χ0) is 14.8. The molecule has 0 radical (unpaired) electrons. The number of hydrogen-bond donors (Lipinski definition) is 1. The third-order valence-corrected chi connectivity index (χ3v) is 5.79. The number of piperidine rings is 1. The number of rotatable bonds is 3. The van der Waals surface area contributed by atoms with Crippen LogP contribution < -0.4 is 0 Å². The molecule has 2 aliphatic rings. The Kier molecular flexibility index (Phi) is 5.00. The average molecular weight is 306 g/mol. The fourth-order valence-electron chi connectivity index (χ4n) is 2.74. The van der Waals surface area contributed by atoms with Gasteiger partial charge < -0.3 is 9.84 Å². The number of hydrogen-bond acceptors (Lipinski definition) is 4. The summed E-state index contributed by atoms with van der Waals surface area (Å²) in [6, 6.07) is -0.937. The van der Waals surface area contributed by atoms with E-state index in [-0.39, 0.29) is 19.2 Å². The number of carboxylic acids is 1. The minimum atomic E-state index is -3.73. The molecule has 2 heterocycles. The van der Waals surface area contributed by atoms with E-state index < -0.39 is 22.2 Å². The molecule has 0 aromatic rings. The molecule has 2 saturated heterocycles. The molecule has 0 bridgehead atoms. The summed E-state index contributed by atoms with van der Waals surface area (Å²) in [5.74, 6) is -1.06. The Hall–Kier alpha value is -0.700. The van der Waals surface area contributed by atoms with Crippen LogP contribution in [0.3, 0.4) is 0 Å². The largest absolute Gasteiger partial charge is 0.480 e. The molecule has 2 unspecified atom stereocenters. The molecule has 1 N–H and O–H groups in total. The van der Waals surface area contributed by atoms with Gasteiger partial charge >= 0.3 is 5.97 Å². The second kappa shape index (κ2) is 6.38. The Labute approximate surface area is 119 Å². The molecular formula is C12H22N2O5S. The Morgan fingerprint density at radius 3 is 2.70 bits per heavy atom. The van der Waals surface area contributed by atoms with Gasteiger partial charge in [-0.3, -0.25) is 4.79 Å². The van der Waals surface area contributed by atoms with Crippen LogP contribution in [0, 0.1) is 0 Å². The normalized spacial score (nSPS) is 30.9. The van der Waals surface area contributed by atoms with E-state index in [0.717, 1.165) is 10.7 Å². The van der Waals surface area contributed by atoms with Crippen LogP contribution in [-0.2, 0) is 19.7 Å². The van der Waals surface area contributed by atoms with Gasteiger partial charge in [-0.15, -0.1) is 0 Å². The summed E-state index contributed by atoms with van der Waals surface area (Å²) >= 11 is 0. The average Bonchev–Trinajstić information content (AvgIpc) is 2.64. The molecule has 2 aliphatic heterocycles. The third-order valence-electron chi connectivity index (χ3n) is 3.78. The lowest BCUT2D eigenvalue weighted by Crippen LogP contribution is -2.54. The highest BCUT2D eigenvalue weighted by molar-refractivity contribution is 7.86. The molecule has 0 amide bonds. The first-order valence-electron chi connectivity index (χ1n) is 7.04. The van der Waals surface area contributed by atoms with Crippen molar-refractivity contribution in [2.45, 2.75) is 44.8 Å². The minimum Gasteiger partial charge on any atom is -0.480 e. The maximum absolute atomic E-state index is 12.7. The second-order valence-corrected chi connectivity index (χ2v) is 7.24. The van der Waals surface area contributed by atoms with Gasteiger partial charge in [0.2, 0.25) is 0 Å². The summed E-state index contributed by atoms with van der Waals surface area (Å²) in [6.07, 6.45) is 2.31. The van der Waals surface area contributed by atoms with E-state index in [1.54, 1.807) is 0 Å². The van der Waals surface area contributed by atoms with E-state index in [0.29, 0.717) is 32.4 Å². The molecule has 0 spiro atoms. The highest BCUT2D eigenvalue weighted by Crippen LogP contribution is 2.24. The molecule has 0 aromatic carbocycles. The maximum Gasteiger partial charge on any atom is 0.322 e. The van der Waals surface area contributed by atoms with Gasteiger partial charge in [0, 0.05) is 26.2 Å². The number of nitrogens with zero attached hydrogens (tertiary/aromatic N) is 2. The lowest BCUT2D eigenvalue weighted by molar-refractivity contribution is -0.142. The van der Waals surface area contributed by atoms with Crippen molar-refractivity contribution >= 4 is 16.2 Å². The molecular weight excluding hydrogens is 284 g/mol. The zero-order valence-corrected chi connectivity index (χ0v) is 12.5. The third kappa shape index (κ3) is 3.30. The number of carboxylic acid groups (broad SMARTS) is 1. The van der Waals surface area contributed by atoms with Crippen molar-refractivity contribution in [1.82, 2.24) is 8.61 Å². The quantitative estimate of drug-likeness (QED) is 0.809. The van der Waals surface area contributed by atoms with Crippen LogP contribution >= 0.6 is 0 Å². The predicted molar refractivity (Wildman–Crippen MR) is 72.5 cm³/mol. The number of aliphatic carboxylic acids is 1. The summed E-state index contributed by atoms with van der Waals surface area (Å²) in [4.78, 5) is 11.3. The van der Waals surface area contributed by atoms with E-state index in [9.17, 15) is 18.3 Å². The number of carbonyl (C=O) groups is 1. The van der Waals surface area contributed by atoms with Crippen molar-refractivity contribution < 1.29 is 23.1 Å². The van der Waals surface area contributed by atoms with Crippen molar-refractivity contribution in [3.05, 3.63) is 0 Å². The van der Waals surface area contributed by atoms with Crippen molar-refractivity contribution in [3.63, 3.8) is 0 Å². The van der Waals surface area contributed by atoms with Gasteiger partial charge in [-0.05, 0) is 32.6 Å². The molecule has 20 heavy (non-hydrogen) atoms. The lowest BCUT2D eigenvalue weighted by Gasteiger charge is -2.35. The van der Waals surface area contributed by atoms with Crippen LogP contribution in [0.1, 0.15) is 32.6 Å². The molecule has 0 aromatic heterocycles. The van der Waals surface area contributed by atoms with E-state index in [1.165, 1.54) is 4.31 Å². The van der Waals surface area contributed by atoms with Gasteiger partial charge in [-0.2, -0.15) is 17.0 Å². The van der Waals surface area contributed by atoms with Crippen molar-refractivity contribution in [2.75, 3.05) is 26.2 Å². The van der Waals surface area contributed by atoms with E-state index >= 15 is 0 Å². The van der Waals surface area contributed by atoms with Crippen molar-refractivity contribution in [3.8, 4) is 0 Å². The predicted octanol–water partition coefficient (Wildman–Crippen LogP) is 0.281. The fourth-order valence-corrected chi connectivity index (χ4v) is 4.67. The first-order valence-corrected chi connectivity index (χ1v) is 8.44. The van der Waals surface area contributed by atoms with Crippen molar-refractivity contribution in [1.29, 1.82) is 0 Å². The number of ether oxygens (including phenoxy) is 1. The molecule has 0 aliphatic carbocycles. The first kappa shape index (κ1) is 15.7. The van der Waals surface area contributed by atoms with Gasteiger partial charge in [-0.25, -0.2) is 0 Å². The Morgan fingerprint density at radius 2 is 2.00 bits per heavy atom. The van der Waals surface area contributed by atoms with Crippen LogP contribution in [0.4, 0.5) is 0 Å². The monoisotopic (exact) mass is 306 g/mol. The van der Waals surface area contributed by atoms with E-state index in [2.05, 4.69) is 0 Å². The highest BCUT2D eigenvalue weighted by atomic mass is 32.2. The Bertz CT molecular complexity index is 453. The Morgan fingerprint density at radius 1 is 1.25 bits per heavy atom. The lowest BCUT2D eigenvalue weighted by atomic mass is 10.1. The maximum atomic E-state index is 12.7. The van der Waals surface area contributed by atoms with E-state index in [1.807, 2.05) is 6.92 Å². The SMILES string of the molecule is CC1CN(S(=O)(=O)N2CCCCC2C(=O)O)CCCO1. The molecule has 7 nitrogen and oxygen atoms in total. The summed E-state index contributed by atoms with van der Waals surface area (Å²) in [6.45, 7) is 3.32. The summed E-state index contributed by atoms with van der Waals surface area (Å²) in [7, 11) is -3.73. The van der Waals surface area contributed by atoms with Crippen LogP contribution in [0.25, 0.3) is 0 Å².